The molecule has 0 radical (unpaired) electrons. The summed E-state index contributed by atoms with van der Waals surface area (Å²) in [5.41, 5.74) is 0. The van der Waals surface area contributed by atoms with Gasteiger partial charge >= 0.3 is 0 Å². The lowest BCUT2D eigenvalue weighted by molar-refractivity contribution is 2.22. The van der Waals surface area contributed by atoms with Crippen LogP contribution in [-0.2, 0) is 0 Å². The summed E-state index contributed by atoms with van der Waals surface area (Å²) in [4.78, 5) is 0. The van der Waals surface area contributed by atoms with Gasteiger partial charge in [0.05, 0.1) is 20.8 Å². The van der Waals surface area contributed by atoms with Crippen molar-refractivity contribution < 1.29 is 0 Å². The van der Waals surface area contributed by atoms with Crippen LogP contribution in [0.4, 0.5) is 0 Å². The second kappa shape index (κ2) is 3.39. The van der Waals surface area contributed by atoms with Crippen molar-refractivity contribution in [2.45, 2.75) is 20.5 Å². The van der Waals surface area contributed by atoms with Crippen LogP contribution in [-0.4, -0.2) is 20.8 Å². The van der Waals surface area contributed by atoms with Crippen molar-refractivity contribution >= 4 is 20.8 Å². The smallest absolute Gasteiger partial charge is 0.0785 e. The minimum atomic E-state index is 0.935. The Bertz CT molecular complexity index is 25.2. The molecule has 0 amide bonds. The molecule has 6 heavy (non-hydrogen) atoms. The van der Waals surface area contributed by atoms with Crippen LogP contribution in [0.5, 0.6) is 0 Å². The molecule has 3 heteroatoms. The van der Waals surface area contributed by atoms with E-state index in [9.17, 15) is 0 Å². The first kappa shape index (κ1) is 6.19. The number of hydrogen-bond donors (Lipinski definition) is 0. The van der Waals surface area contributed by atoms with Crippen molar-refractivity contribution in [1.82, 2.24) is 0 Å². The minimum Gasteiger partial charge on any atom is -0.0992 e. The predicted octanol–water partition coefficient (Wildman–Crippen LogP) is 0.0736. The summed E-state index contributed by atoms with van der Waals surface area (Å²) in [5.74, 6) is 0. The topological polar surface area (TPSA) is 0 Å². The van der Waals surface area contributed by atoms with Crippen LogP contribution < -0.4 is 0 Å². The average Bonchev–Trinajstić information content (AvgIpc) is 1.65. The van der Waals surface area contributed by atoms with E-state index in [1.54, 1.807) is 0 Å². The quantitative estimate of drug-likeness (QED) is 0.411. The van der Waals surface area contributed by atoms with Crippen molar-refractivity contribution in [2.75, 3.05) is 0 Å². The lowest BCUT2D eigenvalue weighted by Gasteiger charge is -1.90. The van der Waals surface area contributed by atoms with E-state index in [0.717, 1.165) is 6.49 Å². The van der Waals surface area contributed by atoms with Crippen molar-refractivity contribution in [2.24, 2.45) is 0 Å². The molecular weight excluding hydrogens is 68.5 g/mol. The van der Waals surface area contributed by atoms with E-state index in [0.29, 0.717) is 0 Å². The fourth-order valence-corrected chi connectivity index (χ4v) is 0.289. The van der Waals surface area contributed by atoms with Gasteiger partial charge in [-0.05, 0) is 0 Å². The molecule has 0 aliphatic carbocycles. The van der Waals surface area contributed by atoms with E-state index in [-0.39, 0.29) is 0 Å². The van der Waals surface area contributed by atoms with Crippen LogP contribution in [0.2, 0.25) is 20.5 Å². The fraction of sp³-hybridized carbons (Fsp3) is 1.00. The molecule has 0 aromatic heterocycles. The minimum absolute atomic E-state index is 0.935. The van der Waals surface area contributed by atoms with Gasteiger partial charge in [0.25, 0.3) is 0 Å². The Kier molecular flexibility index (Phi) is 3.50. The molecule has 0 bridgehead atoms. The summed E-state index contributed by atoms with van der Waals surface area (Å²) in [6.45, 7) is 7.67. The van der Waals surface area contributed by atoms with Crippen molar-refractivity contribution in [3.05, 3.63) is 0 Å². The third kappa shape index (κ3) is 2.43. The first-order chi connectivity index (χ1) is 2.81. The summed E-state index contributed by atoms with van der Waals surface area (Å²) in [5, 5.41) is 0. The molecule has 0 fully saturated rings. The Balaban J connectivity index is 2.75. The first-order valence-corrected chi connectivity index (χ1v) is 2.81. The van der Waals surface area contributed by atoms with E-state index in [1.807, 2.05) is 0 Å². The van der Waals surface area contributed by atoms with E-state index >= 15 is 0 Å². The summed E-state index contributed by atoms with van der Waals surface area (Å²) < 4.78 is 0. The largest absolute Gasteiger partial charge is 0.0992 e. The molecule has 0 aromatic carbocycles. The average molecular weight is 79.6 g/mol. The van der Waals surface area contributed by atoms with E-state index in [4.69, 9.17) is 0 Å². The molecule has 0 atom stereocenters. The lowest BCUT2D eigenvalue weighted by atomic mass is 9.06. The predicted molar refractivity (Wildman–Crippen MR) is 37.6 cm³/mol. The highest BCUT2D eigenvalue weighted by Gasteiger charge is 1.97. The highest BCUT2D eigenvalue weighted by molar-refractivity contribution is 7.38. The normalized spacial score (nSPS) is 7.17. The van der Waals surface area contributed by atoms with Crippen LogP contribution in [0.25, 0.3) is 0 Å². The summed E-state index contributed by atoms with van der Waals surface area (Å²) in [6.07, 6.45) is 0. The van der Waals surface area contributed by atoms with Crippen molar-refractivity contribution in [3.63, 3.8) is 0 Å². The summed E-state index contributed by atoms with van der Waals surface area (Å²) >= 11 is 0. The van der Waals surface area contributed by atoms with E-state index in [1.165, 1.54) is 14.3 Å². The van der Waals surface area contributed by atoms with Crippen molar-refractivity contribution in [1.29, 1.82) is 0 Å². The van der Waals surface area contributed by atoms with E-state index < -0.39 is 0 Å². The van der Waals surface area contributed by atoms with Gasteiger partial charge < -0.3 is 0 Å². The van der Waals surface area contributed by atoms with Gasteiger partial charge in [0, 0.05) is 0 Å². The summed E-state index contributed by atoms with van der Waals surface area (Å²) in [7, 11) is 2.66. The molecule has 0 heterocycles. The monoisotopic (exact) mass is 80.1 g/mol. The molecule has 0 spiro atoms. The molecule has 32 valence electrons. The molecule has 0 aliphatic rings. The molecule has 0 rings (SSSR count). The lowest BCUT2D eigenvalue weighted by Crippen LogP contribution is -2.21. The van der Waals surface area contributed by atoms with Gasteiger partial charge in [0.1, 0.15) is 0 Å². The Labute approximate surface area is 42.2 Å². The molecule has 0 unspecified atom stereocenters. The molecule has 0 nitrogen and oxygen atoms in total. The van der Waals surface area contributed by atoms with Gasteiger partial charge in [-0.25, -0.2) is 0 Å². The molecule has 0 saturated carbocycles. The van der Waals surface area contributed by atoms with Crippen LogP contribution in [0.3, 0.4) is 0 Å². The third-order valence-corrected chi connectivity index (χ3v) is 1.39. The van der Waals surface area contributed by atoms with Crippen LogP contribution in [0.15, 0.2) is 0 Å². The van der Waals surface area contributed by atoms with Gasteiger partial charge in [-0.15, -0.1) is 0 Å². The third-order valence-electron chi connectivity index (χ3n) is 1.39. The Morgan fingerprint density at radius 3 is 1.50 bits per heavy atom. The highest BCUT2D eigenvalue weighted by atomic mass is 13.1. The Morgan fingerprint density at radius 1 is 1.17 bits per heavy atom. The van der Waals surface area contributed by atoms with Gasteiger partial charge in [-0.2, -0.15) is 0 Å². The van der Waals surface area contributed by atoms with Gasteiger partial charge in [-0.3, -0.25) is 0 Å². The summed E-state index contributed by atoms with van der Waals surface area (Å²) in [6, 6.07) is 0. The van der Waals surface area contributed by atoms with E-state index in [2.05, 4.69) is 20.5 Å². The standard InChI is InChI=1S/C3H11B3/c1-4-6(3)5-2/h4-5H,1-3H3. The molecule has 0 N–H and O–H groups in total. The number of rotatable bonds is 2. The maximum absolute atomic E-state index is 2.28. The van der Waals surface area contributed by atoms with Gasteiger partial charge in [0.15, 0.2) is 0 Å². The van der Waals surface area contributed by atoms with Crippen LogP contribution in [0.1, 0.15) is 0 Å². The van der Waals surface area contributed by atoms with Crippen LogP contribution >= 0.6 is 0 Å². The molecule has 0 saturated heterocycles. The SMILES string of the molecule is CBB(C)BC. The second-order valence-corrected chi connectivity index (χ2v) is 1.92. The van der Waals surface area contributed by atoms with Gasteiger partial charge in [-0.1, -0.05) is 20.5 Å². The second-order valence-electron chi connectivity index (χ2n) is 1.92. The fourth-order valence-electron chi connectivity index (χ4n) is 0.289. The van der Waals surface area contributed by atoms with Gasteiger partial charge in [0.2, 0.25) is 0 Å². The molecule has 0 aromatic rings. The Hall–Kier alpha value is 0.195. The highest BCUT2D eigenvalue weighted by Crippen LogP contribution is 1.71. The van der Waals surface area contributed by atoms with Crippen molar-refractivity contribution in [3.8, 4) is 0 Å². The molecular formula is C3H11B3. The van der Waals surface area contributed by atoms with Crippen LogP contribution in [0, 0.1) is 0 Å². The first-order valence-electron chi connectivity index (χ1n) is 2.81. The maximum Gasteiger partial charge on any atom is 0.0785 e. The molecule has 0 aliphatic heterocycles. The zero-order chi connectivity index (χ0) is 4.99. The zero-order valence-electron chi connectivity index (χ0n) is 4.99. The maximum atomic E-state index is 2.28. The number of hydrogen-bond acceptors (Lipinski definition) is 0. The Morgan fingerprint density at radius 2 is 1.50 bits per heavy atom. The zero-order valence-corrected chi connectivity index (χ0v) is 4.99.